The number of rotatable bonds is 3. The van der Waals surface area contributed by atoms with E-state index >= 15 is 0 Å². The number of carbonyl (C=O) groups is 1. The van der Waals surface area contributed by atoms with E-state index in [1.807, 2.05) is 36.4 Å². The van der Waals surface area contributed by atoms with Gasteiger partial charge in [0.2, 0.25) is 5.91 Å². The molecule has 2 aliphatic rings. The van der Waals surface area contributed by atoms with Crippen molar-refractivity contribution in [2.75, 3.05) is 29.9 Å². The van der Waals surface area contributed by atoms with Crippen LogP contribution in [0.1, 0.15) is 18.4 Å². The number of ether oxygens (including phenoxy) is 1. The van der Waals surface area contributed by atoms with E-state index in [2.05, 4.69) is 15.2 Å². The lowest BCUT2D eigenvalue weighted by Crippen LogP contribution is -2.33. The topological polar surface area (TPSA) is 54.5 Å². The van der Waals surface area contributed by atoms with E-state index in [4.69, 9.17) is 4.74 Å². The molecule has 1 unspecified atom stereocenters. The summed E-state index contributed by atoms with van der Waals surface area (Å²) in [6, 6.07) is 11.7. The van der Waals surface area contributed by atoms with Crippen LogP contribution in [0.2, 0.25) is 0 Å². The first-order chi connectivity index (χ1) is 11.8. The summed E-state index contributed by atoms with van der Waals surface area (Å²) in [5, 5.41) is 3.06. The number of hydrogen-bond acceptors (Lipinski definition) is 4. The Labute approximate surface area is 141 Å². The monoisotopic (exact) mass is 323 g/mol. The maximum atomic E-state index is 12.7. The number of nitrogens with zero attached hydrogens (tertiary/aromatic N) is 2. The Morgan fingerprint density at radius 3 is 2.88 bits per heavy atom. The van der Waals surface area contributed by atoms with E-state index in [-0.39, 0.29) is 11.8 Å². The molecule has 0 radical (unpaired) electrons. The molecule has 0 saturated carbocycles. The molecule has 1 amide bonds. The first kappa shape index (κ1) is 15.0. The van der Waals surface area contributed by atoms with Gasteiger partial charge in [-0.25, -0.2) is 4.98 Å². The molecule has 24 heavy (non-hydrogen) atoms. The summed E-state index contributed by atoms with van der Waals surface area (Å²) in [4.78, 5) is 19.4. The molecule has 0 aliphatic carbocycles. The number of aromatic nitrogens is 1. The molecule has 1 aromatic carbocycles. The lowest BCUT2D eigenvalue weighted by molar-refractivity contribution is -0.121. The quantitative estimate of drug-likeness (QED) is 0.944. The van der Waals surface area contributed by atoms with Gasteiger partial charge >= 0.3 is 0 Å². The van der Waals surface area contributed by atoms with Crippen LogP contribution >= 0.6 is 0 Å². The predicted octanol–water partition coefficient (Wildman–Crippen LogP) is 2.87. The van der Waals surface area contributed by atoms with Crippen LogP contribution in [0.3, 0.4) is 0 Å². The number of benzene rings is 1. The third-order valence-electron chi connectivity index (χ3n) is 4.70. The first-order valence-electron chi connectivity index (χ1n) is 8.53. The van der Waals surface area contributed by atoms with Crippen molar-refractivity contribution in [3.05, 3.63) is 48.2 Å². The molecule has 0 bridgehead atoms. The van der Waals surface area contributed by atoms with Gasteiger partial charge in [-0.1, -0.05) is 18.2 Å². The molecule has 4 rings (SSSR count). The van der Waals surface area contributed by atoms with E-state index < -0.39 is 0 Å². The second-order valence-electron chi connectivity index (χ2n) is 6.38. The second kappa shape index (κ2) is 6.51. The molecule has 0 spiro atoms. The van der Waals surface area contributed by atoms with Crippen LogP contribution in [-0.4, -0.2) is 30.6 Å². The number of pyridine rings is 1. The number of carbonyl (C=O) groups excluding carboxylic acids is 1. The SMILES string of the molecule is O=C(Nc1cccnc1N1CCCC1)C1COc2ccccc2C1. The Morgan fingerprint density at radius 1 is 1.17 bits per heavy atom. The Morgan fingerprint density at radius 2 is 2.00 bits per heavy atom. The standard InChI is InChI=1S/C19H21N3O2/c23-19(15-12-14-6-1-2-8-17(14)24-13-15)21-16-7-5-9-20-18(16)22-10-3-4-11-22/h1-2,5-9,15H,3-4,10-13H2,(H,21,23). The zero-order chi connectivity index (χ0) is 16.4. The summed E-state index contributed by atoms with van der Waals surface area (Å²) in [5.74, 6) is 1.59. The molecule has 5 nitrogen and oxygen atoms in total. The second-order valence-corrected chi connectivity index (χ2v) is 6.38. The van der Waals surface area contributed by atoms with Gasteiger partial charge in [0, 0.05) is 19.3 Å². The van der Waals surface area contributed by atoms with Crippen LogP contribution in [0.5, 0.6) is 5.75 Å². The van der Waals surface area contributed by atoms with Gasteiger partial charge in [0.05, 0.1) is 11.6 Å². The van der Waals surface area contributed by atoms with E-state index in [9.17, 15) is 4.79 Å². The van der Waals surface area contributed by atoms with E-state index in [0.717, 1.165) is 35.9 Å². The summed E-state index contributed by atoms with van der Waals surface area (Å²) in [6.07, 6.45) is 4.85. The number of amides is 1. The van der Waals surface area contributed by atoms with Gasteiger partial charge in [-0.05, 0) is 43.0 Å². The fraction of sp³-hybridized carbons (Fsp3) is 0.368. The number of fused-ring (bicyclic) bond motifs is 1. The van der Waals surface area contributed by atoms with Gasteiger partial charge in [0.25, 0.3) is 0 Å². The van der Waals surface area contributed by atoms with Gasteiger partial charge in [-0.15, -0.1) is 0 Å². The zero-order valence-corrected chi connectivity index (χ0v) is 13.6. The average molecular weight is 323 g/mol. The van der Waals surface area contributed by atoms with Crippen molar-refractivity contribution in [3.63, 3.8) is 0 Å². The number of anilines is 2. The minimum Gasteiger partial charge on any atom is -0.492 e. The number of hydrogen-bond donors (Lipinski definition) is 1. The van der Waals surface area contributed by atoms with Crippen LogP contribution < -0.4 is 15.0 Å². The summed E-state index contributed by atoms with van der Waals surface area (Å²) in [6.45, 7) is 2.42. The molecule has 1 N–H and O–H groups in total. The van der Waals surface area contributed by atoms with Crippen LogP contribution in [0.25, 0.3) is 0 Å². The molecule has 1 fully saturated rings. The van der Waals surface area contributed by atoms with Crippen molar-refractivity contribution in [1.29, 1.82) is 0 Å². The summed E-state index contributed by atoms with van der Waals surface area (Å²) >= 11 is 0. The van der Waals surface area contributed by atoms with Gasteiger partial charge in [0.1, 0.15) is 12.4 Å². The van der Waals surface area contributed by atoms with Crippen molar-refractivity contribution in [3.8, 4) is 5.75 Å². The Kier molecular flexibility index (Phi) is 4.07. The van der Waals surface area contributed by atoms with Crippen molar-refractivity contribution in [2.24, 2.45) is 5.92 Å². The van der Waals surface area contributed by atoms with Crippen molar-refractivity contribution in [2.45, 2.75) is 19.3 Å². The van der Waals surface area contributed by atoms with E-state index in [0.29, 0.717) is 13.0 Å². The highest BCUT2D eigenvalue weighted by Gasteiger charge is 2.27. The smallest absolute Gasteiger partial charge is 0.231 e. The normalized spacial score (nSPS) is 19.5. The van der Waals surface area contributed by atoms with Crippen LogP contribution in [0.15, 0.2) is 42.6 Å². The fourth-order valence-electron chi connectivity index (χ4n) is 3.41. The lowest BCUT2D eigenvalue weighted by atomic mass is 9.96. The average Bonchev–Trinajstić information content (AvgIpc) is 3.16. The highest BCUT2D eigenvalue weighted by atomic mass is 16.5. The van der Waals surface area contributed by atoms with E-state index in [1.54, 1.807) is 6.20 Å². The summed E-state index contributed by atoms with van der Waals surface area (Å²) < 4.78 is 5.74. The summed E-state index contributed by atoms with van der Waals surface area (Å²) in [5.41, 5.74) is 1.89. The minimum atomic E-state index is -0.175. The minimum absolute atomic E-state index is 0.00190. The third-order valence-corrected chi connectivity index (χ3v) is 4.70. The molecular formula is C19H21N3O2. The highest BCUT2D eigenvalue weighted by Crippen LogP contribution is 2.29. The van der Waals surface area contributed by atoms with Crippen LogP contribution in [0, 0.1) is 5.92 Å². The highest BCUT2D eigenvalue weighted by molar-refractivity contribution is 5.95. The molecule has 2 aliphatic heterocycles. The lowest BCUT2D eigenvalue weighted by Gasteiger charge is -2.25. The van der Waals surface area contributed by atoms with Gasteiger partial charge in [-0.3, -0.25) is 4.79 Å². The largest absolute Gasteiger partial charge is 0.492 e. The molecule has 124 valence electrons. The maximum absolute atomic E-state index is 12.7. The molecule has 1 aromatic heterocycles. The molecule has 3 heterocycles. The van der Waals surface area contributed by atoms with Crippen LogP contribution in [-0.2, 0) is 11.2 Å². The van der Waals surface area contributed by atoms with Gasteiger partial charge in [0.15, 0.2) is 5.82 Å². The number of nitrogens with one attached hydrogen (secondary N) is 1. The number of para-hydroxylation sites is 1. The maximum Gasteiger partial charge on any atom is 0.231 e. The molecule has 2 aromatic rings. The van der Waals surface area contributed by atoms with Crippen molar-refractivity contribution in [1.82, 2.24) is 4.98 Å². The molecule has 1 saturated heterocycles. The van der Waals surface area contributed by atoms with Crippen molar-refractivity contribution < 1.29 is 9.53 Å². The van der Waals surface area contributed by atoms with Gasteiger partial charge in [-0.2, -0.15) is 0 Å². The van der Waals surface area contributed by atoms with Gasteiger partial charge < -0.3 is 15.0 Å². The molecule has 5 heteroatoms. The van der Waals surface area contributed by atoms with Crippen LogP contribution in [0.4, 0.5) is 11.5 Å². The first-order valence-corrected chi connectivity index (χ1v) is 8.53. The zero-order valence-electron chi connectivity index (χ0n) is 13.6. The Bertz CT molecular complexity index is 741. The third kappa shape index (κ3) is 2.94. The van der Waals surface area contributed by atoms with Crippen molar-refractivity contribution >= 4 is 17.4 Å². The summed E-state index contributed by atoms with van der Waals surface area (Å²) in [7, 11) is 0. The predicted molar refractivity (Wildman–Crippen MR) is 93.4 cm³/mol. The Hall–Kier alpha value is -2.56. The Balaban J connectivity index is 1.49. The fourth-order valence-corrected chi connectivity index (χ4v) is 3.41. The van der Waals surface area contributed by atoms with E-state index in [1.165, 1.54) is 12.8 Å². The molecule has 1 atom stereocenters. The molecular weight excluding hydrogens is 302 g/mol.